The highest BCUT2D eigenvalue weighted by Crippen LogP contribution is 2.39. The third-order valence-corrected chi connectivity index (χ3v) is 5.26. The van der Waals surface area contributed by atoms with E-state index >= 15 is 0 Å². The standard InChI is InChI=1S/C24H31N3O2/c1-5-16-11-12-18-19(17-9-7-6-8-10-17)14-20(25)23(29)27(21(18)13-16)15-22(28)26-24(2,3)4/h6-13,19-20H,5,14-15,25H2,1-4H3,(H,26,28). The number of nitrogens with two attached hydrogens (primary N) is 1. The van der Waals surface area contributed by atoms with Crippen molar-refractivity contribution >= 4 is 17.5 Å². The Morgan fingerprint density at radius 1 is 1.17 bits per heavy atom. The summed E-state index contributed by atoms with van der Waals surface area (Å²) in [6.07, 6.45) is 1.37. The van der Waals surface area contributed by atoms with Crippen LogP contribution < -0.4 is 16.0 Å². The van der Waals surface area contributed by atoms with Crippen LogP contribution in [0, 0.1) is 0 Å². The number of hydrogen-bond donors (Lipinski definition) is 2. The van der Waals surface area contributed by atoms with E-state index in [0.717, 1.165) is 28.8 Å². The van der Waals surface area contributed by atoms with E-state index in [1.807, 2.05) is 45.0 Å². The van der Waals surface area contributed by atoms with Crippen LogP contribution in [0.3, 0.4) is 0 Å². The zero-order valence-electron chi connectivity index (χ0n) is 17.7. The fourth-order valence-corrected chi connectivity index (χ4v) is 3.90. The highest BCUT2D eigenvalue weighted by Gasteiger charge is 2.35. The second-order valence-corrected chi connectivity index (χ2v) is 8.77. The van der Waals surface area contributed by atoms with Gasteiger partial charge >= 0.3 is 0 Å². The van der Waals surface area contributed by atoms with Crippen LogP contribution in [-0.4, -0.2) is 29.9 Å². The molecule has 0 spiro atoms. The van der Waals surface area contributed by atoms with E-state index in [0.29, 0.717) is 6.42 Å². The first-order valence-electron chi connectivity index (χ1n) is 10.3. The maximum atomic E-state index is 13.2. The van der Waals surface area contributed by atoms with Gasteiger partial charge in [0.1, 0.15) is 6.54 Å². The molecule has 0 aliphatic carbocycles. The van der Waals surface area contributed by atoms with Crippen molar-refractivity contribution in [2.24, 2.45) is 5.73 Å². The lowest BCUT2D eigenvalue weighted by atomic mass is 9.85. The van der Waals surface area contributed by atoms with Crippen molar-refractivity contribution in [3.05, 3.63) is 65.2 Å². The Balaban J connectivity index is 2.07. The van der Waals surface area contributed by atoms with Crippen molar-refractivity contribution in [3.8, 4) is 0 Å². The molecule has 2 aromatic carbocycles. The van der Waals surface area contributed by atoms with E-state index in [-0.39, 0.29) is 29.8 Å². The lowest BCUT2D eigenvalue weighted by molar-refractivity contribution is -0.125. The Hall–Kier alpha value is -2.66. The molecular formula is C24H31N3O2. The van der Waals surface area contributed by atoms with E-state index < -0.39 is 6.04 Å². The first kappa shape index (κ1) is 21.1. The molecule has 29 heavy (non-hydrogen) atoms. The normalized spacial score (nSPS) is 19.5. The van der Waals surface area contributed by atoms with E-state index in [9.17, 15) is 9.59 Å². The molecule has 0 fully saturated rings. The largest absolute Gasteiger partial charge is 0.350 e. The molecular weight excluding hydrogens is 362 g/mol. The molecule has 1 aliphatic heterocycles. The molecule has 0 bridgehead atoms. The fourth-order valence-electron chi connectivity index (χ4n) is 3.90. The monoisotopic (exact) mass is 393 g/mol. The molecule has 2 amide bonds. The number of nitrogens with one attached hydrogen (secondary N) is 1. The van der Waals surface area contributed by atoms with Gasteiger partial charge in [-0.25, -0.2) is 0 Å². The van der Waals surface area contributed by atoms with Gasteiger partial charge in [0, 0.05) is 17.1 Å². The topological polar surface area (TPSA) is 75.4 Å². The van der Waals surface area contributed by atoms with E-state index in [1.54, 1.807) is 4.90 Å². The minimum Gasteiger partial charge on any atom is -0.350 e. The SMILES string of the molecule is CCc1ccc2c(c1)N(CC(=O)NC(C)(C)C)C(=O)C(N)CC2c1ccccc1. The number of hydrogen-bond acceptors (Lipinski definition) is 3. The van der Waals surface area contributed by atoms with Crippen molar-refractivity contribution in [1.29, 1.82) is 0 Å². The molecule has 0 radical (unpaired) electrons. The van der Waals surface area contributed by atoms with Crippen LogP contribution in [-0.2, 0) is 16.0 Å². The second-order valence-electron chi connectivity index (χ2n) is 8.77. The molecule has 2 aromatic rings. The summed E-state index contributed by atoms with van der Waals surface area (Å²) in [6.45, 7) is 7.82. The summed E-state index contributed by atoms with van der Waals surface area (Å²) in [5.74, 6) is -0.391. The molecule has 1 heterocycles. The first-order chi connectivity index (χ1) is 13.7. The predicted molar refractivity (Wildman–Crippen MR) is 117 cm³/mol. The highest BCUT2D eigenvalue weighted by molar-refractivity contribution is 6.03. The fraction of sp³-hybridized carbons (Fsp3) is 0.417. The predicted octanol–water partition coefficient (Wildman–Crippen LogP) is 3.36. The number of anilines is 1. The summed E-state index contributed by atoms with van der Waals surface area (Å²) in [5, 5.41) is 2.95. The first-order valence-corrected chi connectivity index (χ1v) is 10.3. The number of rotatable bonds is 4. The maximum absolute atomic E-state index is 13.2. The van der Waals surface area contributed by atoms with Crippen molar-refractivity contribution in [3.63, 3.8) is 0 Å². The van der Waals surface area contributed by atoms with E-state index in [4.69, 9.17) is 5.73 Å². The molecule has 2 unspecified atom stereocenters. The third kappa shape index (κ3) is 4.85. The molecule has 3 N–H and O–H groups in total. The van der Waals surface area contributed by atoms with Crippen LogP contribution in [0.2, 0.25) is 0 Å². The molecule has 5 heteroatoms. The quantitative estimate of drug-likeness (QED) is 0.836. The zero-order valence-corrected chi connectivity index (χ0v) is 17.7. The minimum atomic E-state index is -0.667. The van der Waals surface area contributed by atoms with Crippen LogP contribution in [0.25, 0.3) is 0 Å². The van der Waals surface area contributed by atoms with Crippen LogP contribution in [0.4, 0.5) is 5.69 Å². The van der Waals surface area contributed by atoms with Crippen LogP contribution in [0.15, 0.2) is 48.5 Å². The molecule has 0 aromatic heterocycles. The molecule has 0 saturated carbocycles. The zero-order chi connectivity index (χ0) is 21.2. The minimum absolute atomic E-state index is 0.00623. The van der Waals surface area contributed by atoms with Crippen molar-refractivity contribution in [2.75, 3.05) is 11.4 Å². The van der Waals surface area contributed by atoms with Gasteiger partial charge in [-0.15, -0.1) is 0 Å². The van der Waals surface area contributed by atoms with Crippen molar-refractivity contribution in [1.82, 2.24) is 5.32 Å². The van der Waals surface area contributed by atoms with Gasteiger partial charge in [-0.2, -0.15) is 0 Å². The molecule has 154 valence electrons. The third-order valence-electron chi connectivity index (χ3n) is 5.26. The van der Waals surface area contributed by atoms with Crippen molar-refractivity contribution < 1.29 is 9.59 Å². The van der Waals surface area contributed by atoms with Crippen LogP contribution in [0.5, 0.6) is 0 Å². The van der Waals surface area contributed by atoms with Gasteiger partial charge in [0.2, 0.25) is 11.8 Å². The average Bonchev–Trinajstić information content (AvgIpc) is 2.77. The van der Waals surface area contributed by atoms with Crippen LogP contribution >= 0.6 is 0 Å². The van der Waals surface area contributed by atoms with Gasteiger partial charge in [0.05, 0.1) is 6.04 Å². The van der Waals surface area contributed by atoms with Gasteiger partial charge in [0.25, 0.3) is 0 Å². The number of benzene rings is 2. The Bertz CT molecular complexity index is 887. The number of fused-ring (bicyclic) bond motifs is 1. The number of aryl methyl sites for hydroxylation is 1. The van der Waals surface area contributed by atoms with Gasteiger partial charge in [0.15, 0.2) is 0 Å². The van der Waals surface area contributed by atoms with Gasteiger partial charge in [-0.1, -0.05) is 49.4 Å². The highest BCUT2D eigenvalue weighted by atomic mass is 16.2. The van der Waals surface area contributed by atoms with E-state index in [1.165, 1.54) is 0 Å². The van der Waals surface area contributed by atoms with Gasteiger partial charge in [-0.3, -0.25) is 9.59 Å². The van der Waals surface area contributed by atoms with Gasteiger partial charge < -0.3 is 16.0 Å². The Labute approximate surface area is 173 Å². The molecule has 3 rings (SSSR count). The van der Waals surface area contributed by atoms with Crippen molar-refractivity contribution in [2.45, 2.75) is 58.0 Å². The average molecular weight is 394 g/mol. The molecule has 5 nitrogen and oxygen atoms in total. The lowest BCUT2D eigenvalue weighted by Crippen LogP contribution is -2.50. The summed E-state index contributed by atoms with van der Waals surface area (Å²) in [7, 11) is 0. The Morgan fingerprint density at radius 3 is 2.48 bits per heavy atom. The second kappa shape index (κ2) is 8.37. The van der Waals surface area contributed by atoms with Crippen LogP contribution in [0.1, 0.15) is 56.7 Å². The number of amides is 2. The summed E-state index contributed by atoms with van der Waals surface area (Å²) < 4.78 is 0. The smallest absolute Gasteiger partial charge is 0.244 e. The maximum Gasteiger partial charge on any atom is 0.244 e. The lowest BCUT2D eigenvalue weighted by Gasteiger charge is -2.27. The van der Waals surface area contributed by atoms with Gasteiger partial charge in [-0.05, 0) is 56.4 Å². The molecule has 1 aliphatic rings. The number of carbonyl (C=O) groups is 2. The number of nitrogens with zero attached hydrogens (tertiary/aromatic N) is 1. The summed E-state index contributed by atoms with van der Waals surface area (Å²) in [6, 6.07) is 15.7. The summed E-state index contributed by atoms with van der Waals surface area (Å²) >= 11 is 0. The number of carbonyl (C=O) groups excluding carboxylic acids is 2. The molecule has 2 atom stereocenters. The Morgan fingerprint density at radius 2 is 1.86 bits per heavy atom. The van der Waals surface area contributed by atoms with E-state index in [2.05, 4.69) is 36.5 Å². The Kier molecular flexibility index (Phi) is 6.08. The summed E-state index contributed by atoms with van der Waals surface area (Å²) in [5.41, 5.74) is 10.0. The molecule has 0 saturated heterocycles. The summed E-state index contributed by atoms with van der Waals surface area (Å²) in [4.78, 5) is 27.4.